The number of nitrogens with one attached hydrogen (secondary N) is 1. The van der Waals surface area contributed by atoms with Crippen molar-refractivity contribution in [2.75, 3.05) is 19.0 Å². The maximum Gasteiger partial charge on any atom is 0.323 e. The van der Waals surface area contributed by atoms with Crippen LogP contribution in [0, 0.1) is 16.0 Å². The minimum atomic E-state index is -0.550. The fourth-order valence-electron chi connectivity index (χ4n) is 4.22. The van der Waals surface area contributed by atoms with Crippen LogP contribution in [0.2, 0.25) is 5.02 Å². The molecule has 1 aliphatic carbocycles. The zero-order valence-corrected chi connectivity index (χ0v) is 15.8. The van der Waals surface area contributed by atoms with Crippen molar-refractivity contribution in [3.8, 4) is 0 Å². The van der Waals surface area contributed by atoms with Gasteiger partial charge in [-0.05, 0) is 31.2 Å². The van der Waals surface area contributed by atoms with Crippen LogP contribution < -0.4 is 5.32 Å². The van der Waals surface area contributed by atoms with E-state index >= 15 is 0 Å². The molecule has 1 amide bonds. The number of methoxy groups -OCH3 is 1. The highest BCUT2D eigenvalue weighted by molar-refractivity contribution is 6.34. The SMILES string of the molecule is COC(=O)[C@@H]1C[C@@H]2CCCC[C@H]2N1CC(=O)Nc1ccc([N+](=O)[O-])cc1Cl. The van der Waals surface area contributed by atoms with Crippen molar-refractivity contribution < 1.29 is 19.2 Å². The largest absolute Gasteiger partial charge is 0.468 e. The Bertz CT molecular complexity index is 757. The van der Waals surface area contributed by atoms with Crippen molar-refractivity contribution in [3.05, 3.63) is 33.3 Å². The third-order valence-electron chi connectivity index (χ3n) is 5.46. The summed E-state index contributed by atoms with van der Waals surface area (Å²) in [5.41, 5.74) is 0.162. The number of carbonyl (C=O) groups excluding carboxylic acids is 2. The first-order chi connectivity index (χ1) is 12.9. The lowest BCUT2D eigenvalue weighted by molar-refractivity contribution is -0.384. The minimum absolute atomic E-state index is 0.0499. The normalized spacial score (nSPS) is 24.9. The van der Waals surface area contributed by atoms with E-state index in [9.17, 15) is 19.7 Å². The van der Waals surface area contributed by atoms with Crippen molar-refractivity contribution in [3.63, 3.8) is 0 Å². The molecule has 1 saturated heterocycles. The third-order valence-corrected chi connectivity index (χ3v) is 5.77. The highest BCUT2D eigenvalue weighted by Crippen LogP contribution is 2.40. The summed E-state index contributed by atoms with van der Waals surface area (Å²) in [5, 5.41) is 13.6. The van der Waals surface area contributed by atoms with Gasteiger partial charge in [0.2, 0.25) is 5.91 Å². The van der Waals surface area contributed by atoms with Crippen LogP contribution in [-0.4, -0.2) is 47.4 Å². The number of nitrogens with zero attached hydrogens (tertiary/aromatic N) is 2. The molecule has 1 aliphatic heterocycles. The minimum Gasteiger partial charge on any atom is -0.468 e. The van der Waals surface area contributed by atoms with E-state index in [0.29, 0.717) is 18.0 Å². The molecule has 1 N–H and O–H groups in total. The number of anilines is 1. The first kappa shape index (κ1) is 19.6. The van der Waals surface area contributed by atoms with Gasteiger partial charge in [-0.15, -0.1) is 0 Å². The number of hydrogen-bond donors (Lipinski definition) is 1. The molecular weight excluding hydrogens is 374 g/mol. The van der Waals surface area contributed by atoms with Crippen LogP contribution in [0.15, 0.2) is 18.2 Å². The first-order valence-electron chi connectivity index (χ1n) is 8.98. The number of non-ortho nitro benzene ring substituents is 1. The molecule has 9 heteroatoms. The number of hydrogen-bond acceptors (Lipinski definition) is 6. The maximum absolute atomic E-state index is 12.6. The average molecular weight is 396 g/mol. The van der Waals surface area contributed by atoms with Gasteiger partial charge >= 0.3 is 5.97 Å². The van der Waals surface area contributed by atoms with Gasteiger partial charge in [0.05, 0.1) is 29.3 Å². The van der Waals surface area contributed by atoms with E-state index in [4.69, 9.17) is 16.3 Å². The number of likely N-dealkylation sites (tertiary alicyclic amines) is 1. The lowest BCUT2D eigenvalue weighted by atomic mass is 9.85. The van der Waals surface area contributed by atoms with Gasteiger partial charge in [-0.1, -0.05) is 24.4 Å². The van der Waals surface area contributed by atoms with Crippen LogP contribution in [-0.2, 0) is 14.3 Å². The van der Waals surface area contributed by atoms with Gasteiger partial charge in [0, 0.05) is 18.2 Å². The molecule has 0 radical (unpaired) electrons. The fraction of sp³-hybridized carbons (Fsp3) is 0.556. The Kier molecular flexibility index (Phi) is 5.96. The lowest BCUT2D eigenvalue weighted by Crippen LogP contribution is -2.46. The molecule has 1 aromatic rings. The van der Waals surface area contributed by atoms with Crippen LogP contribution in [0.5, 0.6) is 0 Å². The van der Waals surface area contributed by atoms with Crippen molar-refractivity contribution >= 4 is 34.9 Å². The van der Waals surface area contributed by atoms with Gasteiger partial charge < -0.3 is 10.1 Å². The number of benzene rings is 1. The molecule has 0 bridgehead atoms. The Morgan fingerprint density at radius 2 is 2.11 bits per heavy atom. The molecule has 0 spiro atoms. The zero-order chi connectivity index (χ0) is 19.6. The predicted octanol–water partition coefficient (Wildman–Crippen LogP) is 2.99. The molecule has 0 unspecified atom stereocenters. The molecule has 2 aliphatic rings. The number of fused-ring (bicyclic) bond motifs is 1. The second-order valence-corrected chi connectivity index (χ2v) is 7.44. The van der Waals surface area contributed by atoms with Crippen molar-refractivity contribution in [1.29, 1.82) is 0 Å². The highest BCUT2D eigenvalue weighted by atomic mass is 35.5. The Balaban J connectivity index is 1.71. The summed E-state index contributed by atoms with van der Waals surface area (Å²) < 4.78 is 4.93. The van der Waals surface area contributed by atoms with Gasteiger partial charge in [-0.3, -0.25) is 24.6 Å². The van der Waals surface area contributed by atoms with Crippen LogP contribution in [0.1, 0.15) is 32.1 Å². The predicted molar refractivity (Wildman–Crippen MR) is 99.6 cm³/mol. The molecule has 8 nitrogen and oxygen atoms in total. The second-order valence-electron chi connectivity index (χ2n) is 7.03. The van der Waals surface area contributed by atoms with E-state index in [2.05, 4.69) is 5.32 Å². The molecule has 0 aromatic heterocycles. The van der Waals surface area contributed by atoms with Crippen LogP contribution >= 0.6 is 11.6 Å². The van der Waals surface area contributed by atoms with Crippen LogP contribution in [0.25, 0.3) is 0 Å². The Hall–Kier alpha value is -2.19. The molecule has 1 saturated carbocycles. The summed E-state index contributed by atoms with van der Waals surface area (Å²) in [4.78, 5) is 36.9. The van der Waals surface area contributed by atoms with E-state index in [-0.39, 0.29) is 35.2 Å². The lowest BCUT2D eigenvalue weighted by Gasteiger charge is -2.32. The van der Waals surface area contributed by atoms with Crippen molar-refractivity contribution in [1.82, 2.24) is 4.90 Å². The number of ether oxygens (including phenoxy) is 1. The number of rotatable bonds is 5. The van der Waals surface area contributed by atoms with Gasteiger partial charge in [-0.25, -0.2) is 0 Å². The maximum atomic E-state index is 12.6. The van der Waals surface area contributed by atoms with Gasteiger partial charge in [0.1, 0.15) is 6.04 Å². The fourth-order valence-corrected chi connectivity index (χ4v) is 4.44. The average Bonchev–Trinajstić information content (AvgIpc) is 3.01. The monoisotopic (exact) mass is 395 g/mol. The molecule has 3 atom stereocenters. The Morgan fingerprint density at radius 1 is 1.37 bits per heavy atom. The second kappa shape index (κ2) is 8.22. The molecule has 2 fully saturated rings. The number of nitro groups is 1. The number of nitro benzene ring substituents is 1. The van der Waals surface area contributed by atoms with E-state index in [1.165, 1.54) is 25.3 Å². The number of amides is 1. The molecule has 27 heavy (non-hydrogen) atoms. The van der Waals surface area contributed by atoms with Crippen molar-refractivity contribution in [2.24, 2.45) is 5.92 Å². The molecular formula is C18H22ClN3O5. The Labute approximate surface area is 162 Å². The summed E-state index contributed by atoms with van der Waals surface area (Å²) in [6.07, 6.45) is 4.96. The van der Waals surface area contributed by atoms with Crippen molar-refractivity contribution in [2.45, 2.75) is 44.2 Å². The quantitative estimate of drug-likeness (QED) is 0.467. The van der Waals surface area contributed by atoms with E-state index in [0.717, 1.165) is 25.7 Å². The van der Waals surface area contributed by atoms with Crippen LogP contribution in [0.4, 0.5) is 11.4 Å². The van der Waals surface area contributed by atoms with Gasteiger partial charge in [0.25, 0.3) is 5.69 Å². The number of carbonyl (C=O) groups is 2. The summed E-state index contributed by atoms with van der Waals surface area (Å²) in [5.74, 6) is -0.227. The molecule has 1 aromatic carbocycles. The van der Waals surface area contributed by atoms with E-state index < -0.39 is 11.0 Å². The number of esters is 1. The highest BCUT2D eigenvalue weighted by Gasteiger charge is 2.46. The van der Waals surface area contributed by atoms with Crippen LogP contribution in [0.3, 0.4) is 0 Å². The smallest absolute Gasteiger partial charge is 0.323 e. The molecule has 1 heterocycles. The summed E-state index contributed by atoms with van der Waals surface area (Å²) in [6.45, 7) is 0.0499. The zero-order valence-electron chi connectivity index (χ0n) is 15.0. The Morgan fingerprint density at radius 3 is 2.78 bits per heavy atom. The molecule has 146 valence electrons. The topological polar surface area (TPSA) is 102 Å². The molecule has 3 rings (SSSR count). The van der Waals surface area contributed by atoms with E-state index in [1.807, 2.05) is 4.90 Å². The summed E-state index contributed by atoms with van der Waals surface area (Å²) in [7, 11) is 1.36. The van der Waals surface area contributed by atoms with E-state index in [1.54, 1.807) is 0 Å². The third kappa shape index (κ3) is 4.22. The number of halogens is 1. The standard InChI is InChI=1S/C18H22ClN3O5/c1-27-18(24)16-8-11-4-2-3-5-15(11)21(16)10-17(23)20-14-7-6-12(22(25)26)9-13(14)19/h6-7,9,11,15-16H,2-5,8,10H2,1H3,(H,20,23)/t11-,15+,16-/m0/s1. The van der Waals surface area contributed by atoms with Gasteiger partial charge in [0.15, 0.2) is 0 Å². The summed E-state index contributed by atoms with van der Waals surface area (Å²) in [6, 6.07) is 3.67. The van der Waals surface area contributed by atoms with Gasteiger partial charge in [-0.2, -0.15) is 0 Å². The first-order valence-corrected chi connectivity index (χ1v) is 9.36. The summed E-state index contributed by atoms with van der Waals surface area (Å²) >= 11 is 6.04.